The molecule has 0 radical (unpaired) electrons. The van der Waals surface area contributed by atoms with Crippen LogP contribution in [0, 0.1) is 0 Å². The van der Waals surface area contributed by atoms with Crippen molar-refractivity contribution in [1.29, 1.82) is 0 Å². The molecule has 1 atom stereocenters. The molecule has 0 bridgehead atoms. The van der Waals surface area contributed by atoms with Gasteiger partial charge >= 0.3 is 0 Å². The van der Waals surface area contributed by atoms with Gasteiger partial charge in [-0.2, -0.15) is 4.99 Å². The fourth-order valence-electron chi connectivity index (χ4n) is 1.64. The predicted molar refractivity (Wildman–Crippen MR) is 79.8 cm³/mol. The monoisotopic (exact) mass is 265 g/mol. The van der Waals surface area contributed by atoms with Crippen molar-refractivity contribution in [2.45, 2.75) is 12.2 Å². The molecule has 0 aliphatic carbocycles. The first kappa shape index (κ1) is 12.4. The minimum absolute atomic E-state index is 0.514. The molecule has 0 amide bonds. The van der Waals surface area contributed by atoms with Crippen molar-refractivity contribution in [2.75, 3.05) is 18.9 Å². The topological polar surface area (TPSA) is 27.6 Å². The molecule has 1 aliphatic heterocycles. The molecule has 1 aromatic rings. The van der Waals surface area contributed by atoms with Gasteiger partial charge in [-0.15, -0.1) is 0 Å². The fourth-order valence-corrected chi connectivity index (χ4v) is 2.96. The zero-order valence-corrected chi connectivity index (χ0v) is 11.5. The molecule has 90 valence electrons. The normalized spacial score (nSPS) is 21.9. The van der Waals surface area contributed by atoms with Crippen molar-refractivity contribution >= 4 is 39.9 Å². The van der Waals surface area contributed by atoms with Gasteiger partial charge in [0.15, 0.2) is 10.3 Å². The van der Waals surface area contributed by atoms with Crippen LogP contribution in [0.2, 0.25) is 0 Å². The summed E-state index contributed by atoms with van der Waals surface area (Å²) >= 11 is 6.99. The van der Waals surface area contributed by atoms with Crippen molar-refractivity contribution in [3.8, 4) is 0 Å². The van der Waals surface area contributed by atoms with E-state index in [9.17, 15) is 0 Å². The van der Waals surface area contributed by atoms with E-state index in [1.54, 1.807) is 11.8 Å². The summed E-state index contributed by atoms with van der Waals surface area (Å²) in [6, 6.07) is 9.86. The van der Waals surface area contributed by atoms with Crippen LogP contribution in [0.1, 0.15) is 6.92 Å². The van der Waals surface area contributed by atoms with Gasteiger partial charge in [-0.25, -0.2) is 0 Å². The Kier molecular flexibility index (Phi) is 4.02. The number of para-hydroxylation sites is 1. The number of rotatable bonds is 1. The summed E-state index contributed by atoms with van der Waals surface area (Å²) in [5.74, 6) is 0. The number of benzene rings is 1. The van der Waals surface area contributed by atoms with Crippen LogP contribution in [0.3, 0.4) is 0 Å². The number of anilines is 1. The van der Waals surface area contributed by atoms with Crippen LogP contribution in [-0.4, -0.2) is 34.0 Å². The molecule has 0 saturated carbocycles. The van der Waals surface area contributed by atoms with Gasteiger partial charge in [-0.1, -0.05) is 36.9 Å². The first-order valence-corrected chi connectivity index (χ1v) is 6.76. The Morgan fingerprint density at radius 3 is 2.76 bits per heavy atom. The fraction of sp³-hybridized carbons (Fsp3) is 0.333. The van der Waals surface area contributed by atoms with Crippen LogP contribution in [0.4, 0.5) is 5.69 Å². The highest BCUT2D eigenvalue weighted by atomic mass is 32.2. The van der Waals surface area contributed by atoms with Crippen LogP contribution in [0.25, 0.3) is 0 Å². The maximum atomic E-state index is 5.23. The van der Waals surface area contributed by atoms with Gasteiger partial charge in [0.1, 0.15) is 0 Å². The first-order valence-electron chi connectivity index (χ1n) is 5.47. The Morgan fingerprint density at radius 2 is 2.18 bits per heavy atom. The minimum Gasteiger partial charge on any atom is -0.353 e. The number of nitrogens with zero attached hydrogens (tertiary/aromatic N) is 2. The van der Waals surface area contributed by atoms with Crippen LogP contribution >= 0.6 is 24.0 Å². The van der Waals surface area contributed by atoms with Gasteiger partial charge in [0, 0.05) is 24.5 Å². The molecule has 5 heteroatoms. The average Bonchev–Trinajstić information content (AvgIpc) is 2.58. The Hall–Kier alpha value is -1.07. The third-order valence-corrected chi connectivity index (χ3v) is 3.74. The van der Waals surface area contributed by atoms with Gasteiger partial charge in [-0.3, -0.25) is 0 Å². The third kappa shape index (κ3) is 3.44. The number of nitrogens with one attached hydrogen (secondary N) is 1. The lowest BCUT2D eigenvalue weighted by Crippen LogP contribution is -2.21. The van der Waals surface area contributed by atoms with E-state index in [1.165, 1.54) is 0 Å². The molecule has 1 aromatic carbocycles. The Balaban J connectivity index is 2.00. The minimum atomic E-state index is 0.514. The summed E-state index contributed by atoms with van der Waals surface area (Å²) in [4.78, 5) is 6.56. The van der Waals surface area contributed by atoms with E-state index < -0.39 is 0 Å². The Labute approximate surface area is 111 Å². The van der Waals surface area contributed by atoms with Crippen LogP contribution in [-0.2, 0) is 0 Å². The standard InChI is InChI=1S/C12H15N3S2/c1-9-8-15(2)12(17-9)14-11(16)13-10-6-4-3-5-7-10/h3-7,9H,8H2,1-2H3,(H,13,16)/b14-12-. The van der Waals surface area contributed by atoms with E-state index in [-0.39, 0.29) is 0 Å². The highest BCUT2D eigenvalue weighted by Crippen LogP contribution is 2.23. The van der Waals surface area contributed by atoms with E-state index in [0.717, 1.165) is 17.4 Å². The summed E-state index contributed by atoms with van der Waals surface area (Å²) in [5, 5.41) is 5.20. The predicted octanol–water partition coefficient (Wildman–Crippen LogP) is 2.81. The molecule has 0 aromatic heterocycles. The molecule has 17 heavy (non-hydrogen) atoms. The van der Waals surface area contributed by atoms with Gasteiger partial charge in [0.25, 0.3) is 0 Å². The maximum Gasteiger partial charge on any atom is 0.199 e. The number of hydrogen-bond donors (Lipinski definition) is 1. The molecule has 1 saturated heterocycles. The second-order valence-electron chi connectivity index (χ2n) is 4.00. The zero-order valence-electron chi connectivity index (χ0n) is 9.88. The first-order chi connectivity index (χ1) is 8.15. The molecular formula is C12H15N3S2. The van der Waals surface area contributed by atoms with Crippen molar-refractivity contribution in [3.63, 3.8) is 0 Å². The largest absolute Gasteiger partial charge is 0.353 e. The van der Waals surface area contributed by atoms with Crippen LogP contribution < -0.4 is 5.32 Å². The summed E-state index contributed by atoms with van der Waals surface area (Å²) in [7, 11) is 2.04. The smallest absolute Gasteiger partial charge is 0.199 e. The molecule has 3 nitrogen and oxygen atoms in total. The number of aliphatic imine (C=N–C) groups is 1. The van der Waals surface area contributed by atoms with E-state index >= 15 is 0 Å². The summed E-state index contributed by atoms with van der Waals surface area (Å²) in [6.07, 6.45) is 0. The highest BCUT2D eigenvalue weighted by Gasteiger charge is 2.22. The molecular weight excluding hydrogens is 250 g/mol. The lowest BCUT2D eigenvalue weighted by Gasteiger charge is -2.10. The van der Waals surface area contributed by atoms with Gasteiger partial charge in [-0.05, 0) is 24.4 Å². The van der Waals surface area contributed by atoms with Crippen LogP contribution in [0.15, 0.2) is 35.3 Å². The second-order valence-corrected chi connectivity index (χ2v) is 5.79. The zero-order chi connectivity index (χ0) is 12.3. The third-order valence-electron chi connectivity index (χ3n) is 2.39. The molecule has 1 N–H and O–H groups in total. The molecule has 1 unspecified atom stereocenters. The lowest BCUT2D eigenvalue weighted by molar-refractivity contribution is 0.533. The van der Waals surface area contributed by atoms with E-state index in [1.807, 2.05) is 37.4 Å². The quantitative estimate of drug-likeness (QED) is 0.790. The van der Waals surface area contributed by atoms with Gasteiger partial charge in [0.2, 0.25) is 0 Å². The van der Waals surface area contributed by atoms with E-state index in [2.05, 4.69) is 22.1 Å². The molecule has 1 aliphatic rings. The van der Waals surface area contributed by atoms with Crippen molar-refractivity contribution in [1.82, 2.24) is 4.90 Å². The van der Waals surface area contributed by atoms with E-state index in [4.69, 9.17) is 12.2 Å². The summed E-state index contributed by atoms with van der Waals surface area (Å²) < 4.78 is 0. The van der Waals surface area contributed by atoms with Crippen molar-refractivity contribution in [3.05, 3.63) is 30.3 Å². The van der Waals surface area contributed by atoms with Gasteiger partial charge in [0.05, 0.1) is 0 Å². The number of amidine groups is 1. The summed E-state index contributed by atoms with van der Waals surface area (Å²) in [6.45, 7) is 3.22. The van der Waals surface area contributed by atoms with Gasteiger partial charge < -0.3 is 10.2 Å². The summed E-state index contributed by atoms with van der Waals surface area (Å²) in [5.41, 5.74) is 0.973. The molecule has 2 rings (SSSR count). The maximum absolute atomic E-state index is 5.23. The van der Waals surface area contributed by atoms with E-state index in [0.29, 0.717) is 10.4 Å². The number of thioether (sulfide) groups is 1. The molecule has 1 heterocycles. The molecule has 0 spiro atoms. The van der Waals surface area contributed by atoms with Crippen molar-refractivity contribution in [2.24, 2.45) is 4.99 Å². The Morgan fingerprint density at radius 1 is 1.47 bits per heavy atom. The lowest BCUT2D eigenvalue weighted by atomic mass is 10.3. The SMILES string of the molecule is CC1CN(C)/C(=N/C(=S)Nc2ccccc2)S1. The number of thiocarbonyl (C=S) groups is 1. The molecule has 1 fully saturated rings. The Bertz CT molecular complexity index is 431. The van der Waals surface area contributed by atoms with Crippen molar-refractivity contribution < 1.29 is 0 Å². The highest BCUT2D eigenvalue weighted by molar-refractivity contribution is 8.14. The second kappa shape index (κ2) is 5.51. The van der Waals surface area contributed by atoms with Crippen LogP contribution in [0.5, 0.6) is 0 Å². The number of hydrogen-bond acceptors (Lipinski definition) is 2. The average molecular weight is 265 g/mol.